The molecule has 1 N–H and O–H groups in total. The molecule has 1 saturated carbocycles. The predicted octanol–water partition coefficient (Wildman–Crippen LogP) is 4.11. The first-order chi connectivity index (χ1) is 8.61. The molecule has 100 valence electrons. The Labute approximate surface area is 108 Å². The molecule has 0 heterocycles. The van der Waals surface area contributed by atoms with Crippen molar-refractivity contribution in [3.8, 4) is 0 Å². The average Bonchev–Trinajstić information content (AvgIpc) is 2.84. The van der Waals surface area contributed by atoms with Crippen LogP contribution in [0.2, 0.25) is 0 Å². The van der Waals surface area contributed by atoms with Crippen LogP contribution in [0.4, 0.5) is 8.78 Å². The van der Waals surface area contributed by atoms with Gasteiger partial charge in [0.1, 0.15) is 11.6 Å². The second-order valence-electron chi connectivity index (χ2n) is 5.35. The lowest BCUT2D eigenvalue weighted by Gasteiger charge is -2.21. The van der Waals surface area contributed by atoms with E-state index in [2.05, 4.69) is 5.32 Å². The van der Waals surface area contributed by atoms with Crippen molar-refractivity contribution in [2.24, 2.45) is 5.92 Å². The molecule has 1 aromatic carbocycles. The lowest BCUT2D eigenvalue weighted by molar-refractivity contribution is 0.401. The topological polar surface area (TPSA) is 12.0 Å². The van der Waals surface area contributed by atoms with Crippen molar-refractivity contribution >= 4 is 0 Å². The van der Waals surface area contributed by atoms with Crippen molar-refractivity contribution in [2.45, 2.75) is 45.1 Å². The van der Waals surface area contributed by atoms with Crippen LogP contribution in [-0.4, -0.2) is 7.05 Å². The maximum absolute atomic E-state index is 13.9. The first-order valence-electron chi connectivity index (χ1n) is 6.74. The molecule has 2 rings (SSSR count). The monoisotopic (exact) mass is 253 g/mol. The van der Waals surface area contributed by atoms with Gasteiger partial charge in [-0.3, -0.25) is 0 Å². The molecular weight excluding hydrogens is 232 g/mol. The first kappa shape index (κ1) is 13.5. The van der Waals surface area contributed by atoms with Crippen LogP contribution in [0, 0.1) is 24.5 Å². The van der Waals surface area contributed by atoms with Gasteiger partial charge in [0, 0.05) is 11.6 Å². The average molecular weight is 253 g/mol. The number of aryl methyl sites for hydroxylation is 1. The third-order valence-electron chi connectivity index (χ3n) is 4.05. The molecule has 1 unspecified atom stereocenters. The quantitative estimate of drug-likeness (QED) is 0.851. The van der Waals surface area contributed by atoms with Crippen molar-refractivity contribution in [1.29, 1.82) is 0 Å². The van der Waals surface area contributed by atoms with Gasteiger partial charge in [0.25, 0.3) is 0 Å². The highest BCUT2D eigenvalue weighted by molar-refractivity contribution is 5.27. The molecule has 1 nitrogen and oxygen atoms in total. The zero-order valence-electron chi connectivity index (χ0n) is 11.1. The molecular formula is C15H21F2N. The van der Waals surface area contributed by atoms with Gasteiger partial charge < -0.3 is 5.32 Å². The molecule has 1 atom stereocenters. The second-order valence-corrected chi connectivity index (χ2v) is 5.35. The molecule has 1 aliphatic carbocycles. The third kappa shape index (κ3) is 2.89. The summed E-state index contributed by atoms with van der Waals surface area (Å²) in [5, 5.41) is 3.13. The second kappa shape index (κ2) is 5.79. The summed E-state index contributed by atoms with van der Waals surface area (Å²) >= 11 is 0. The van der Waals surface area contributed by atoms with Gasteiger partial charge >= 0.3 is 0 Å². The number of hydrogen-bond acceptors (Lipinski definition) is 1. The van der Waals surface area contributed by atoms with Crippen LogP contribution in [0.5, 0.6) is 0 Å². The highest BCUT2D eigenvalue weighted by Crippen LogP contribution is 2.34. The van der Waals surface area contributed by atoms with E-state index in [1.54, 1.807) is 6.92 Å². The zero-order valence-corrected chi connectivity index (χ0v) is 11.1. The molecule has 18 heavy (non-hydrogen) atoms. The third-order valence-corrected chi connectivity index (χ3v) is 4.05. The van der Waals surface area contributed by atoms with Gasteiger partial charge in [-0.15, -0.1) is 0 Å². The minimum absolute atomic E-state index is 0.0804. The van der Waals surface area contributed by atoms with Crippen LogP contribution in [0.25, 0.3) is 0 Å². The lowest BCUT2D eigenvalue weighted by atomic mass is 9.93. The molecule has 1 fully saturated rings. The van der Waals surface area contributed by atoms with Gasteiger partial charge in [0.05, 0.1) is 0 Å². The Morgan fingerprint density at radius 1 is 1.22 bits per heavy atom. The molecule has 0 amide bonds. The van der Waals surface area contributed by atoms with Crippen LogP contribution < -0.4 is 5.32 Å². The van der Waals surface area contributed by atoms with Crippen molar-refractivity contribution < 1.29 is 8.78 Å². The minimum atomic E-state index is -0.321. The van der Waals surface area contributed by atoms with E-state index in [-0.39, 0.29) is 17.7 Å². The summed E-state index contributed by atoms with van der Waals surface area (Å²) in [7, 11) is 1.82. The first-order valence-corrected chi connectivity index (χ1v) is 6.74. The smallest absolute Gasteiger partial charge is 0.128 e. The molecule has 3 heteroatoms. The largest absolute Gasteiger partial charge is 0.313 e. The number of nitrogens with one attached hydrogen (secondary N) is 1. The maximum atomic E-state index is 13.9. The Hall–Kier alpha value is -0.960. The number of hydrogen-bond donors (Lipinski definition) is 1. The van der Waals surface area contributed by atoms with Crippen LogP contribution in [0.1, 0.15) is 49.3 Å². The van der Waals surface area contributed by atoms with E-state index in [0.29, 0.717) is 17.0 Å². The van der Waals surface area contributed by atoms with E-state index < -0.39 is 0 Å². The van der Waals surface area contributed by atoms with E-state index in [1.807, 2.05) is 7.05 Å². The van der Waals surface area contributed by atoms with Gasteiger partial charge in [-0.05, 0) is 44.0 Å². The fourth-order valence-electron chi connectivity index (χ4n) is 2.91. The molecule has 0 spiro atoms. The lowest BCUT2D eigenvalue weighted by Crippen LogP contribution is -2.20. The zero-order chi connectivity index (χ0) is 13.1. The molecule has 0 aliphatic heterocycles. The number of halogens is 2. The summed E-state index contributed by atoms with van der Waals surface area (Å²) in [6, 6.07) is 2.56. The Balaban J connectivity index is 2.18. The van der Waals surface area contributed by atoms with E-state index in [1.165, 1.54) is 37.8 Å². The molecule has 0 saturated heterocycles. The van der Waals surface area contributed by atoms with E-state index in [4.69, 9.17) is 0 Å². The molecule has 0 aromatic heterocycles. The Kier molecular flexibility index (Phi) is 4.33. The van der Waals surface area contributed by atoms with Gasteiger partial charge in [0.2, 0.25) is 0 Å². The summed E-state index contributed by atoms with van der Waals surface area (Å²) in [5.41, 5.74) is 0.833. The van der Waals surface area contributed by atoms with Crippen LogP contribution in [-0.2, 0) is 0 Å². The fraction of sp³-hybridized carbons (Fsp3) is 0.600. The van der Waals surface area contributed by atoms with Gasteiger partial charge in [-0.25, -0.2) is 8.78 Å². The van der Waals surface area contributed by atoms with Crippen molar-refractivity contribution in [3.63, 3.8) is 0 Å². The van der Waals surface area contributed by atoms with Crippen LogP contribution in [0.15, 0.2) is 12.1 Å². The summed E-state index contributed by atoms with van der Waals surface area (Å²) in [6.07, 6.45) is 5.87. The highest BCUT2D eigenvalue weighted by Gasteiger charge is 2.23. The predicted molar refractivity (Wildman–Crippen MR) is 69.5 cm³/mol. The number of rotatable bonds is 4. The normalized spacial score (nSPS) is 18.2. The molecule has 1 aromatic rings. The van der Waals surface area contributed by atoms with E-state index in [9.17, 15) is 8.78 Å². The maximum Gasteiger partial charge on any atom is 0.128 e. The summed E-state index contributed by atoms with van der Waals surface area (Å²) < 4.78 is 27.5. The van der Waals surface area contributed by atoms with Crippen LogP contribution >= 0.6 is 0 Å². The Bertz CT molecular complexity index is 411. The van der Waals surface area contributed by atoms with Gasteiger partial charge in [-0.1, -0.05) is 25.7 Å². The van der Waals surface area contributed by atoms with Gasteiger partial charge in [-0.2, -0.15) is 0 Å². The molecule has 1 aliphatic rings. The van der Waals surface area contributed by atoms with Crippen LogP contribution in [0.3, 0.4) is 0 Å². The SMILES string of the molecule is CNC(CC1CCCC1)c1cc(F)c(C)cc1F. The molecule has 0 radical (unpaired) electrons. The Morgan fingerprint density at radius 2 is 1.89 bits per heavy atom. The van der Waals surface area contributed by atoms with Crippen molar-refractivity contribution in [3.05, 3.63) is 34.9 Å². The van der Waals surface area contributed by atoms with Crippen molar-refractivity contribution in [1.82, 2.24) is 5.32 Å². The van der Waals surface area contributed by atoms with Gasteiger partial charge in [0.15, 0.2) is 0 Å². The minimum Gasteiger partial charge on any atom is -0.313 e. The summed E-state index contributed by atoms with van der Waals surface area (Å²) in [6.45, 7) is 1.59. The van der Waals surface area contributed by atoms with E-state index in [0.717, 1.165) is 6.42 Å². The Morgan fingerprint density at radius 3 is 2.50 bits per heavy atom. The molecule has 0 bridgehead atoms. The summed E-state index contributed by atoms with van der Waals surface area (Å²) in [4.78, 5) is 0. The standard InChI is InChI=1S/C15H21F2N/c1-10-7-14(17)12(9-13(10)16)15(18-2)8-11-5-3-4-6-11/h7,9,11,15,18H,3-6,8H2,1-2H3. The fourth-order valence-corrected chi connectivity index (χ4v) is 2.91. The van der Waals surface area contributed by atoms with E-state index >= 15 is 0 Å². The van der Waals surface area contributed by atoms with Crippen molar-refractivity contribution in [2.75, 3.05) is 7.05 Å². The highest BCUT2D eigenvalue weighted by atomic mass is 19.1. The number of benzene rings is 1. The summed E-state index contributed by atoms with van der Waals surface area (Å²) in [5.74, 6) is 0.0236.